The van der Waals surface area contributed by atoms with Crippen molar-refractivity contribution in [3.63, 3.8) is 0 Å². The number of nitrogens with one attached hydrogen (secondary N) is 1. The Kier molecular flexibility index (Phi) is 4.08. The minimum atomic E-state index is -4.52. The average molecular weight is 372 g/mol. The number of fused-ring (bicyclic) bond motifs is 2. The Balaban J connectivity index is 1.91. The Morgan fingerprint density at radius 2 is 2.00 bits per heavy atom. The van der Waals surface area contributed by atoms with Gasteiger partial charge in [0.1, 0.15) is 5.60 Å². The third-order valence-electron chi connectivity index (χ3n) is 4.25. The summed E-state index contributed by atoms with van der Waals surface area (Å²) in [5, 5.41) is 2.31. The van der Waals surface area contributed by atoms with Crippen LogP contribution in [-0.4, -0.2) is 35.8 Å². The van der Waals surface area contributed by atoms with Crippen LogP contribution < -0.4 is 5.32 Å². The largest absolute Gasteiger partial charge is 0.444 e. The summed E-state index contributed by atoms with van der Waals surface area (Å²) in [6.45, 7) is 5.48. The second kappa shape index (κ2) is 5.78. The molecule has 0 radical (unpaired) electrons. The molecule has 1 spiro atoms. The first kappa shape index (κ1) is 18.3. The number of likely N-dealkylation sites (tertiary alicyclic amines) is 1. The van der Waals surface area contributed by atoms with Gasteiger partial charge in [0.05, 0.1) is 17.8 Å². The molecule has 0 saturated carbocycles. The van der Waals surface area contributed by atoms with Gasteiger partial charge < -0.3 is 14.4 Å². The van der Waals surface area contributed by atoms with Crippen molar-refractivity contribution >= 4 is 17.9 Å². The van der Waals surface area contributed by atoms with Crippen LogP contribution in [0.1, 0.15) is 38.3 Å². The number of ether oxygens (including phenoxy) is 2. The number of benzene rings is 1. The summed E-state index contributed by atoms with van der Waals surface area (Å²) in [7, 11) is 0. The van der Waals surface area contributed by atoms with Crippen molar-refractivity contribution in [3.8, 4) is 0 Å². The number of alkyl halides is 3. The normalized spacial score (nSPS) is 22.7. The van der Waals surface area contributed by atoms with E-state index < -0.39 is 35.1 Å². The van der Waals surface area contributed by atoms with E-state index >= 15 is 0 Å². The molecule has 1 aromatic carbocycles. The quantitative estimate of drug-likeness (QED) is 0.744. The maximum atomic E-state index is 12.9. The van der Waals surface area contributed by atoms with E-state index in [0.717, 1.165) is 12.1 Å². The van der Waals surface area contributed by atoms with Crippen LogP contribution in [0.2, 0.25) is 0 Å². The molecule has 142 valence electrons. The van der Waals surface area contributed by atoms with Gasteiger partial charge in [0.15, 0.2) is 5.60 Å². The van der Waals surface area contributed by atoms with Crippen LogP contribution in [-0.2, 0) is 21.3 Å². The van der Waals surface area contributed by atoms with E-state index in [1.54, 1.807) is 20.8 Å². The number of carbonyl (C=O) groups is 2. The van der Waals surface area contributed by atoms with Crippen molar-refractivity contribution in [2.45, 2.75) is 44.6 Å². The van der Waals surface area contributed by atoms with E-state index in [2.05, 4.69) is 5.32 Å². The van der Waals surface area contributed by atoms with E-state index in [4.69, 9.17) is 9.47 Å². The standard InChI is InChI=1S/C17H19F3N2O4/c1-15(2,3)26-14(24)22-7-6-16(9-22)11-5-4-10(17(18,19)20)8-12(11)21-13(23)25-16/h4-5,8H,6-7,9H2,1-3H3,(H,21,23). The van der Waals surface area contributed by atoms with E-state index in [0.29, 0.717) is 5.56 Å². The van der Waals surface area contributed by atoms with Crippen molar-refractivity contribution in [3.05, 3.63) is 29.3 Å². The Morgan fingerprint density at radius 3 is 2.62 bits per heavy atom. The Morgan fingerprint density at radius 1 is 1.31 bits per heavy atom. The van der Waals surface area contributed by atoms with Gasteiger partial charge in [-0.2, -0.15) is 13.2 Å². The van der Waals surface area contributed by atoms with Crippen LogP contribution in [0.15, 0.2) is 18.2 Å². The van der Waals surface area contributed by atoms with Gasteiger partial charge in [-0.3, -0.25) is 5.32 Å². The fourth-order valence-electron chi connectivity index (χ4n) is 3.16. The molecule has 9 heteroatoms. The summed E-state index contributed by atoms with van der Waals surface area (Å²) in [4.78, 5) is 25.6. The van der Waals surface area contributed by atoms with Crippen LogP contribution in [0.5, 0.6) is 0 Å². The maximum Gasteiger partial charge on any atom is 0.416 e. The molecule has 1 aromatic rings. The maximum absolute atomic E-state index is 12.9. The predicted molar refractivity (Wildman–Crippen MR) is 85.6 cm³/mol. The van der Waals surface area contributed by atoms with Crippen molar-refractivity contribution in [2.75, 3.05) is 18.4 Å². The summed E-state index contributed by atoms with van der Waals surface area (Å²) in [6, 6.07) is 3.11. The first-order chi connectivity index (χ1) is 11.9. The fourth-order valence-corrected chi connectivity index (χ4v) is 3.16. The molecular weight excluding hydrogens is 353 g/mol. The molecule has 0 aliphatic carbocycles. The molecular formula is C17H19F3N2O4. The lowest BCUT2D eigenvalue weighted by Gasteiger charge is -2.35. The summed E-state index contributed by atoms with van der Waals surface area (Å²) < 4.78 is 49.5. The highest BCUT2D eigenvalue weighted by Gasteiger charge is 2.49. The van der Waals surface area contributed by atoms with Crippen molar-refractivity contribution < 1.29 is 32.2 Å². The lowest BCUT2D eigenvalue weighted by atomic mass is 9.89. The van der Waals surface area contributed by atoms with E-state index in [1.165, 1.54) is 11.0 Å². The molecule has 1 unspecified atom stereocenters. The average Bonchev–Trinajstić information content (AvgIpc) is 2.88. The molecule has 2 aliphatic rings. The molecule has 6 nitrogen and oxygen atoms in total. The lowest BCUT2D eigenvalue weighted by molar-refractivity contribution is -0.137. The number of nitrogens with zero attached hydrogens (tertiary/aromatic N) is 1. The molecule has 1 saturated heterocycles. The molecule has 0 aromatic heterocycles. The molecule has 2 amide bonds. The SMILES string of the molecule is CC(C)(C)OC(=O)N1CCC2(C1)OC(=O)Nc1cc(C(F)(F)F)ccc12. The summed E-state index contributed by atoms with van der Waals surface area (Å²) in [5.41, 5.74) is -2.27. The van der Waals surface area contributed by atoms with Crippen LogP contribution in [0.3, 0.4) is 0 Å². The van der Waals surface area contributed by atoms with Crippen LogP contribution in [0.25, 0.3) is 0 Å². The number of amides is 2. The third kappa shape index (κ3) is 3.42. The number of halogens is 3. The molecule has 1 N–H and O–H groups in total. The van der Waals surface area contributed by atoms with Gasteiger partial charge >= 0.3 is 18.4 Å². The summed E-state index contributed by atoms with van der Waals surface area (Å²) in [5.74, 6) is 0. The topological polar surface area (TPSA) is 67.9 Å². The summed E-state index contributed by atoms with van der Waals surface area (Å²) >= 11 is 0. The molecule has 1 fully saturated rings. The molecule has 3 rings (SSSR count). The fraction of sp³-hybridized carbons (Fsp3) is 0.529. The molecule has 2 aliphatic heterocycles. The summed E-state index contributed by atoms with van der Waals surface area (Å²) in [6.07, 6.45) is -5.65. The molecule has 1 atom stereocenters. The van der Waals surface area contributed by atoms with Gasteiger partial charge in [-0.05, 0) is 32.9 Å². The first-order valence-corrected chi connectivity index (χ1v) is 8.09. The van der Waals surface area contributed by atoms with Gasteiger partial charge in [-0.1, -0.05) is 6.07 Å². The monoisotopic (exact) mass is 372 g/mol. The van der Waals surface area contributed by atoms with Gasteiger partial charge in [-0.25, -0.2) is 9.59 Å². The van der Waals surface area contributed by atoms with Crippen LogP contribution >= 0.6 is 0 Å². The van der Waals surface area contributed by atoms with Gasteiger partial charge in [-0.15, -0.1) is 0 Å². The highest BCUT2D eigenvalue weighted by atomic mass is 19.4. The van der Waals surface area contributed by atoms with E-state index in [-0.39, 0.29) is 25.2 Å². The lowest BCUT2D eigenvalue weighted by Crippen LogP contribution is -2.43. The Hall–Kier alpha value is -2.45. The Bertz CT molecular complexity index is 757. The number of carbonyl (C=O) groups excluding carboxylic acids is 2. The van der Waals surface area contributed by atoms with Gasteiger partial charge in [0.25, 0.3) is 0 Å². The van der Waals surface area contributed by atoms with Crippen LogP contribution in [0, 0.1) is 0 Å². The number of hydrogen-bond donors (Lipinski definition) is 1. The zero-order chi connectivity index (χ0) is 19.3. The number of hydrogen-bond acceptors (Lipinski definition) is 4. The minimum absolute atomic E-state index is 0.0215. The van der Waals surface area contributed by atoms with Crippen molar-refractivity contribution in [2.24, 2.45) is 0 Å². The zero-order valence-electron chi connectivity index (χ0n) is 14.6. The smallest absolute Gasteiger partial charge is 0.416 e. The highest BCUT2D eigenvalue weighted by molar-refractivity contribution is 5.89. The molecule has 2 heterocycles. The second-order valence-electron chi connectivity index (χ2n) is 7.42. The Labute approximate surface area is 148 Å². The van der Waals surface area contributed by atoms with Crippen molar-refractivity contribution in [1.82, 2.24) is 4.90 Å². The van der Waals surface area contributed by atoms with E-state index in [1.807, 2.05) is 0 Å². The zero-order valence-corrected chi connectivity index (χ0v) is 14.6. The third-order valence-corrected chi connectivity index (χ3v) is 4.25. The highest BCUT2D eigenvalue weighted by Crippen LogP contribution is 2.44. The van der Waals surface area contributed by atoms with Gasteiger partial charge in [0.2, 0.25) is 0 Å². The number of rotatable bonds is 0. The van der Waals surface area contributed by atoms with Crippen LogP contribution in [0.4, 0.5) is 28.4 Å². The van der Waals surface area contributed by atoms with Gasteiger partial charge in [0, 0.05) is 18.5 Å². The molecule has 26 heavy (non-hydrogen) atoms. The second-order valence-corrected chi connectivity index (χ2v) is 7.42. The predicted octanol–water partition coefficient (Wildman–Crippen LogP) is 4.10. The van der Waals surface area contributed by atoms with Crippen molar-refractivity contribution in [1.29, 1.82) is 0 Å². The molecule has 0 bridgehead atoms. The van der Waals surface area contributed by atoms with E-state index in [9.17, 15) is 22.8 Å². The first-order valence-electron chi connectivity index (χ1n) is 8.09. The number of anilines is 1. The minimum Gasteiger partial charge on any atom is -0.444 e.